The first-order valence-corrected chi connectivity index (χ1v) is 6.46. The highest BCUT2D eigenvalue weighted by Crippen LogP contribution is 2.14. The summed E-state index contributed by atoms with van der Waals surface area (Å²) in [5.74, 6) is 0.270. The molecule has 1 aromatic heterocycles. The third kappa shape index (κ3) is 3.11. The van der Waals surface area contributed by atoms with E-state index in [-0.39, 0.29) is 11.2 Å². The van der Waals surface area contributed by atoms with Crippen molar-refractivity contribution >= 4 is 0 Å². The molecule has 5 heteroatoms. The maximum atomic E-state index is 11.3. The van der Waals surface area contributed by atoms with Crippen LogP contribution in [-0.2, 0) is 6.54 Å². The van der Waals surface area contributed by atoms with Crippen molar-refractivity contribution in [2.45, 2.75) is 32.4 Å². The highest BCUT2D eigenvalue weighted by atomic mass is 16.4. The van der Waals surface area contributed by atoms with E-state index in [0.717, 1.165) is 25.9 Å². The Morgan fingerprint density at radius 1 is 1.61 bits per heavy atom. The monoisotopic (exact) mass is 252 g/mol. The Bertz CT molecular complexity index is 438. The highest BCUT2D eigenvalue weighted by molar-refractivity contribution is 5.15. The molecule has 1 fully saturated rings. The lowest BCUT2D eigenvalue weighted by atomic mass is 10.1. The van der Waals surface area contributed by atoms with Crippen molar-refractivity contribution in [1.82, 2.24) is 10.2 Å². The van der Waals surface area contributed by atoms with Crippen LogP contribution in [0.5, 0.6) is 5.75 Å². The molecule has 5 nitrogen and oxygen atoms in total. The first-order chi connectivity index (χ1) is 8.70. The number of nitrogens with one attached hydrogen (secondary N) is 1. The minimum absolute atomic E-state index is 0.332. The maximum absolute atomic E-state index is 11.3. The molecule has 0 bridgehead atoms. The van der Waals surface area contributed by atoms with Crippen molar-refractivity contribution in [2.75, 3.05) is 19.6 Å². The van der Waals surface area contributed by atoms with Gasteiger partial charge in [-0.25, -0.2) is 0 Å². The number of nitrogens with zero attached hydrogens (tertiary/aromatic N) is 1. The number of piperidine rings is 1. The molecule has 0 aliphatic carbocycles. The van der Waals surface area contributed by atoms with E-state index in [2.05, 4.69) is 17.1 Å². The van der Waals surface area contributed by atoms with E-state index in [1.165, 1.54) is 18.9 Å². The Balaban J connectivity index is 2.04. The van der Waals surface area contributed by atoms with Gasteiger partial charge in [-0.2, -0.15) is 0 Å². The molecule has 1 atom stereocenters. The van der Waals surface area contributed by atoms with Crippen LogP contribution in [0.4, 0.5) is 0 Å². The average Bonchev–Trinajstić information content (AvgIpc) is 2.41. The van der Waals surface area contributed by atoms with Crippen molar-refractivity contribution in [1.29, 1.82) is 0 Å². The molecular formula is C13H20N2O3. The fourth-order valence-electron chi connectivity index (χ4n) is 2.37. The van der Waals surface area contributed by atoms with Crippen LogP contribution in [0.15, 0.2) is 21.5 Å². The van der Waals surface area contributed by atoms with E-state index < -0.39 is 0 Å². The third-order valence-corrected chi connectivity index (χ3v) is 3.42. The van der Waals surface area contributed by atoms with Gasteiger partial charge in [-0.3, -0.25) is 9.69 Å². The zero-order valence-electron chi connectivity index (χ0n) is 10.7. The normalized spacial score (nSPS) is 20.2. The molecule has 1 aliphatic heterocycles. The molecule has 0 amide bonds. The largest absolute Gasteiger partial charge is 0.502 e. The lowest BCUT2D eigenvalue weighted by Gasteiger charge is -2.33. The summed E-state index contributed by atoms with van der Waals surface area (Å²) in [6.45, 7) is 5.70. The number of hydrogen-bond donors (Lipinski definition) is 2. The van der Waals surface area contributed by atoms with Gasteiger partial charge >= 0.3 is 0 Å². The molecule has 1 aliphatic rings. The maximum Gasteiger partial charge on any atom is 0.226 e. The van der Waals surface area contributed by atoms with Gasteiger partial charge in [0.1, 0.15) is 12.0 Å². The van der Waals surface area contributed by atoms with Crippen molar-refractivity contribution in [3.05, 3.63) is 28.3 Å². The van der Waals surface area contributed by atoms with Crippen LogP contribution < -0.4 is 10.7 Å². The summed E-state index contributed by atoms with van der Waals surface area (Å²) in [4.78, 5) is 13.6. The summed E-state index contributed by atoms with van der Waals surface area (Å²) < 4.78 is 5.25. The van der Waals surface area contributed by atoms with Crippen LogP contribution in [0.1, 0.15) is 25.5 Å². The van der Waals surface area contributed by atoms with Gasteiger partial charge in [0.15, 0.2) is 5.75 Å². The summed E-state index contributed by atoms with van der Waals surface area (Å²) in [5, 5.41) is 12.5. The number of rotatable bonds is 4. The summed E-state index contributed by atoms with van der Waals surface area (Å²) in [6, 6.07) is 1.86. The van der Waals surface area contributed by atoms with Crippen LogP contribution in [0, 0.1) is 0 Å². The molecule has 1 saturated heterocycles. The zero-order valence-corrected chi connectivity index (χ0v) is 10.7. The van der Waals surface area contributed by atoms with Crippen molar-refractivity contribution in [3.8, 4) is 5.75 Å². The Kier molecular flexibility index (Phi) is 4.38. The molecule has 0 spiro atoms. The predicted molar refractivity (Wildman–Crippen MR) is 68.6 cm³/mol. The quantitative estimate of drug-likeness (QED) is 0.834. The van der Waals surface area contributed by atoms with E-state index in [1.807, 2.05) is 0 Å². The second-order valence-corrected chi connectivity index (χ2v) is 4.66. The second-order valence-electron chi connectivity index (χ2n) is 4.66. The first kappa shape index (κ1) is 13.1. The molecule has 0 radical (unpaired) electrons. The average molecular weight is 252 g/mol. The molecule has 18 heavy (non-hydrogen) atoms. The van der Waals surface area contributed by atoms with E-state index in [1.54, 1.807) is 0 Å². The molecule has 2 N–H and O–H groups in total. The highest BCUT2D eigenvalue weighted by Gasteiger charge is 2.20. The molecule has 2 rings (SSSR count). The topological polar surface area (TPSA) is 65.7 Å². The Labute approximate surface area is 106 Å². The van der Waals surface area contributed by atoms with E-state index in [0.29, 0.717) is 18.3 Å². The molecular weight excluding hydrogens is 232 g/mol. The molecule has 0 aromatic carbocycles. The Hall–Kier alpha value is -1.33. The van der Waals surface area contributed by atoms with Gasteiger partial charge in [-0.15, -0.1) is 0 Å². The number of hydrogen-bond acceptors (Lipinski definition) is 5. The molecule has 2 heterocycles. The van der Waals surface area contributed by atoms with E-state index in [9.17, 15) is 4.79 Å². The van der Waals surface area contributed by atoms with Gasteiger partial charge in [0.25, 0.3) is 0 Å². The van der Waals surface area contributed by atoms with Crippen molar-refractivity contribution in [2.24, 2.45) is 0 Å². The first-order valence-electron chi connectivity index (χ1n) is 6.46. The zero-order chi connectivity index (χ0) is 13.0. The summed E-state index contributed by atoms with van der Waals surface area (Å²) >= 11 is 0. The van der Waals surface area contributed by atoms with Gasteiger partial charge in [-0.05, 0) is 25.9 Å². The minimum Gasteiger partial charge on any atom is -0.502 e. The lowest BCUT2D eigenvalue weighted by Crippen LogP contribution is -2.45. The van der Waals surface area contributed by atoms with Crippen LogP contribution in [0.2, 0.25) is 0 Å². The number of aromatic hydroxyl groups is 1. The van der Waals surface area contributed by atoms with Gasteiger partial charge in [-0.1, -0.05) is 6.92 Å². The predicted octanol–water partition coefficient (Wildman–Crippen LogP) is 0.919. The standard InChI is InChI=1S/C13H20N2O3/c1-2-15(10-4-3-5-14-7-10)8-11-6-12(16)13(17)9-18-11/h6,9-10,14,17H,2-5,7-8H2,1H3. The fraction of sp³-hybridized carbons (Fsp3) is 0.615. The van der Waals surface area contributed by atoms with Crippen LogP contribution in [0.25, 0.3) is 0 Å². The van der Waals surface area contributed by atoms with Crippen LogP contribution >= 0.6 is 0 Å². The SMILES string of the molecule is CCN(Cc1cc(=O)c(O)co1)C1CCCNC1. The summed E-state index contributed by atoms with van der Waals surface area (Å²) in [7, 11) is 0. The molecule has 1 aromatic rings. The number of likely N-dealkylation sites (N-methyl/N-ethyl adjacent to an activating group) is 1. The second kappa shape index (κ2) is 6.02. The lowest BCUT2D eigenvalue weighted by molar-refractivity contribution is 0.153. The smallest absolute Gasteiger partial charge is 0.226 e. The molecule has 0 saturated carbocycles. The van der Waals surface area contributed by atoms with Gasteiger partial charge in [0.2, 0.25) is 5.43 Å². The Morgan fingerprint density at radius 2 is 2.44 bits per heavy atom. The van der Waals surface area contributed by atoms with Gasteiger partial charge in [0, 0.05) is 18.7 Å². The van der Waals surface area contributed by atoms with Gasteiger partial charge in [0.05, 0.1) is 6.54 Å². The Morgan fingerprint density at radius 3 is 3.06 bits per heavy atom. The molecule has 100 valence electrons. The van der Waals surface area contributed by atoms with E-state index >= 15 is 0 Å². The summed E-state index contributed by atoms with van der Waals surface area (Å²) in [5.41, 5.74) is -0.380. The van der Waals surface area contributed by atoms with Crippen LogP contribution in [0.3, 0.4) is 0 Å². The van der Waals surface area contributed by atoms with E-state index in [4.69, 9.17) is 9.52 Å². The van der Waals surface area contributed by atoms with Crippen molar-refractivity contribution in [3.63, 3.8) is 0 Å². The molecule has 1 unspecified atom stereocenters. The fourth-order valence-corrected chi connectivity index (χ4v) is 2.37. The summed E-state index contributed by atoms with van der Waals surface area (Å²) in [6.07, 6.45) is 3.47. The van der Waals surface area contributed by atoms with Crippen LogP contribution in [-0.4, -0.2) is 35.7 Å². The van der Waals surface area contributed by atoms with Gasteiger partial charge < -0.3 is 14.8 Å². The van der Waals surface area contributed by atoms with Crippen molar-refractivity contribution < 1.29 is 9.52 Å². The third-order valence-electron chi connectivity index (χ3n) is 3.42. The minimum atomic E-state index is -0.380.